The third kappa shape index (κ3) is 1.27. The van der Waals surface area contributed by atoms with Gasteiger partial charge in [-0.2, -0.15) is 5.06 Å². The summed E-state index contributed by atoms with van der Waals surface area (Å²) in [6.07, 6.45) is 0. The number of likely N-dealkylation sites (N-methyl/N-ethyl adjacent to an activating group) is 1. The summed E-state index contributed by atoms with van der Waals surface area (Å²) in [5.41, 5.74) is 0. The fraction of sp³-hybridized carbons (Fsp3) is 1.00. The van der Waals surface area contributed by atoms with Gasteiger partial charge in [0.1, 0.15) is 0 Å². The zero-order valence-electron chi connectivity index (χ0n) is 6.82. The van der Waals surface area contributed by atoms with Crippen molar-refractivity contribution in [3.63, 3.8) is 0 Å². The number of hydroxylamine groups is 2. The van der Waals surface area contributed by atoms with Gasteiger partial charge in [-0.05, 0) is 7.05 Å². The smallest absolute Gasteiger partial charge is 0.0410 e. The topological polar surface area (TPSA) is 38.7 Å². The SMILES string of the molecule is CN1CCNC2CN(O)CC21. The summed E-state index contributed by atoms with van der Waals surface area (Å²) in [6.45, 7) is 3.70. The maximum absolute atomic E-state index is 9.24. The predicted octanol–water partition coefficient (Wildman–Crippen LogP) is -1.04. The van der Waals surface area contributed by atoms with Crippen molar-refractivity contribution >= 4 is 0 Å². The number of hydrogen-bond acceptors (Lipinski definition) is 4. The fourth-order valence-electron chi connectivity index (χ4n) is 2.01. The van der Waals surface area contributed by atoms with Crippen molar-refractivity contribution < 1.29 is 5.21 Å². The van der Waals surface area contributed by atoms with Gasteiger partial charge >= 0.3 is 0 Å². The number of fused-ring (bicyclic) bond motifs is 1. The van der Waals surface area contributed by atoms with Gasteiger partial charge in [0.2, 0.25) is 0 Å². The molecule has 64 valence electrons. The van der Waals surface area contributed by atoms with Crippen LogP contribution >= 0.6 is 0 Å². The first-order valence-electron chi connectivity index (χ1n) is 4.15. The van der Waals surface area contributed by atoms with E-state index in [1.165, 1.54) is 5.06 Å². The standard InChI is InChI=1S/C7H15N3O/c1-9-3-2-8-6-4-10(11)5-7(6)9/h6-8,11H,2-5H2,1H3. The van der Waals surface area contributed by atoms with E-state index in [1.54, 1.807) is 0 Å². The number of rotatable bonds is 0. The van der Waals surface area contributed by atoms with Crippen molar-refractivity contribution in [2.24, 2.45) is 0 Å². The van der Waals surface area contributed by atoms with Gasteiger partial charge < -0.3 is 10.5 Å². The van der Waals surface area contributed by atoms with Gasteiger partial charge in [-0.3, -0.25) is 4.90 Å². The zero-order chi connectivity index (χ0) is 7.84. The van der Waals surface area contributed by atoms with Crippen molar-refractivity contribution in [1.29, 1.82) is 0 Å². The molecule has 0 aromatic heterocycles. The van der Waals surface area contributed by atoms with E-state index in [-0.39, 0.29) is 0 Å². The van der Waals surface area contributed by atoms with Crippen LogP contribution in [0.4, 0.5) is 0 Å². The summed E-state index contributed by atoms with van der Waals surface area (Å²) in [4.78, 5) is 2.32. The Morgan fingerprint density at radius 2 is 2.27 bits per heavy atom. The Morgan fingerprint density at radius 3 is 3.00 bits per heavy atom. The minimum absolute atomic E-state index is 0.471. The van der Waals surface area contributed by atoms with Crippen LogP contribution in [0.15, 0.2) is 0 Å². The van der Waals surface area contributed by atoms with Gasteiger partial charge in [0, 0.05) is 38.3 Å². The molecule has 0 amide bonds. The summed E-state index contributed by atoms with van der Waals surface area (Å²) < 4.78 is 0. The molecular weight excluding hydrogens is 142 g/mol. The zero-order valence-corrected chi connectivity index (χ0v) is 6.82. The van der Waals surface area contributed by atoms with E-state index in [9.17, 15) is 5.21 Å². The van der Waals surface area contributed by atoms with Crippen LogP contribution in [0.25, 0.3) is 0 Å². The lowest BCUT2D eigenvalue weighted by molar-refractivity contribution is -0.0727. The van der Waals surface area contributed by atoms with Crippen LogP contribution in [-0.2, 0) is 0 Å². The van der Waals surface area contributed by atoms with Crippen LogP contribution in [0.3, 0.4) is 0 Å². The Hall–Kier alpha value is -0.160. The lowest BCUT2D eigenvalue weighted by Gasteiger charge is -2.34. The Morgan fingerprint density at radius 1 is 1.45 bits per heavy atom. The number of nitrogens with one attached hydrogen (secondary N) is 1. The van der Waals surface area contributed by atoms with Crippen molar-refractivity contribution in [2.75, 3.05) is 33.2 Å². The molecule has 0 aliphatic carbocycles. The normalized spacial score (nSPS) is 40.9. The lowest BCUT2D eigenvalue weighted by Crippen LogP contribution is -2.55. The molecule has 4 heteroatoms. The first-order valence-corrected chi connectivity index (χ1v) is 4.15. The molecule has 2 unspecified atom stereocenters. The molecule has 0 saturated carbocycles. The van der Waals surface area contributed by atoms with E-state index in [0.717, 1.165) is 26.2 Å². The van der Waals surface area contributed by atoms with E-state index in [1.807, 2.05) is 0 Å². The van der Waals surface area contributed by atoms with Crippen LogP contribution in [0, 0.1) is 0 Å². The van der Waals surface area contributed by atoms with Gasteiger partial charge in [-0.15, -0.1) is 0 Å². The average Bonchev–Trinajstić information content (AvgIpc) is 2.31. The molecule has 0 aromatic rings. The Bertz CT molecular complexity index is 153. The molecule has 0 bridgehead atoms. The minimum atomic E-state index is 0.471. The fourth-order valence-corrected chi connectivity index (χ4v) is 2.01. The first kappa shape index (κ1) is 7.49. The molecule has 2 fully saturated rings. The van der Waals surface area contributed by atoms with Gasteiger partial charge in [-0.25, -0.2) is 0 Å². The van der Waals surface area contributed by atoms with E-state index < -0.39 is 0 Å². The van der Waals surface area contributed by atoms with Crippen LogP contribution in [0.2, 0.25) is 0 Å². The summed E-state index contributed by atoms with van der Waals surface area (Å²) in [7, 11) is 2.12. The largest absolute Gasteiger partial charge is 0.314 e. The second-order valence-electron chi connectivity index (χ2n) is 3.48. The third-order valence-electron chi connectivity index (χ3n) is 2.71. The molecule has 4 nitrogen and oxygen atoms in total. The van der Waals surface area contributed by atoms with Gasteiger partial charge in [0.15, 0.2) is 0 Å². The van der Waals surface area contributed by atoms with Crippen molar-refractivity contribution in [3.05, 3.63) is 0 Å². The number of piperazine rings is 1. The monoisotopic (exact) mass is 157 g/mol. The lowest BCUT2D eigenvalue weighted by atomic mass is 10.1. The molecule has 2 N–H and O–H groups in total. The van der Waals surface area contributed by atoms with Crippen molar-refractivity contribution in [1.82, 2.24) is 15.3 Å². The Kier molecular flexibility index (Phi) is 1.85. The minimum Gasteiger partial charge on any atom is -0.314 e. The van der Waals surface area contributed by atoms with Crippen molar-refractivity contribution in [2.45, 2.75) is 12.1 Å². The van der Waals surface area contributed by atoms with Crippen molar-refractivity contribution in [3.8, 4) is 0 Å². The molecule has 2 aliphatic heterocycles. The van der Waals surface area contributed by atoms with Crippen LogP contribution in [0.1, 0.15) is 0 Å². The van der Waals surface area contributed by atoms with Crippen LogP contribution in [-0.4, -0.2) is 60.5 Å². The first-order chi connectivity index (χ1) is 5.27. The maximum Gasteiger partial charge on any atom is 0.0410 e. The summed E-state index contributed by atoms with van der Waals surface area (Å²) >= 11 is 0. The maximum atomic E-state index is 9.24. The van der Waals surface area contributed by atoms with Gasteiger partial charge in [0.05, 0.1) is 0 Å². The highest BCUT2D eigenvalue weighted by Crippen LogP contribution is 2.15. The Labute approximate surface area is 66.7 Å². The highest BCUT2D eigenvalue weighted by Gasteiger charge is 2.36. The molecular formula is C7H15N3O. The number of nitrogens with zero attached hydrogens (tertiary/aromatic N) is 2. The van der Waals surface area contributed by atoms with E-state index in [2.05, 4.69) is 17.3 Å². The molecule has 2 saturated heterocycles. The van der Waals surface area contributed by atoms with E-state index in [0.29, 0.717) is 12.1 Å². The second kappa shape index (κ2) is 2.71. The third-order valence-corrected chi connectivity index (χ3v) is 2.71. The highest BCUT2D eigenvalue weighted by atomic mass is 16.5. The van der Waals surface area contributed by atoms with Crippen LogP contribution < -0.4 is 5.32 Å². The van der Waals surface area contributed by atoms with Gasteiger partial charge in [0.25, 0.3) is 0 Å². The summed E-state index contributed by atoms with van der Waals surface area (Å²) in [6, 6.07) is 0.979. The Balaban J connectivity index is 2.03. The molecule has 0 aromatic carbocycles. The number of hydrogen-bond donors (Lipinski definition) is 2. The highest BCUT2D eigenvalue weighted by molar-refractivity contribution is 4.95. The van der Waals surface area contributed by atoms with E-state index in [4.69, 9.17) is 0 Å². The predicted molar refractivity (Wildman–Crippen MR) is 41.6 cm³/mol. The van der Waals surface area contributed by atoms with Crippen LogP contribution in [0.5, 0.6) is 0 Å². The molecule has 2 aliphatic rings. The van der Waals surface area contributed by atoms with Gasteiger partial charge in [-0.1, -0.05) is 0 Å². The summed E-state index contributed by atoms with van der Waals surface area (Å²) in [5.74, 6) is 0. The molecule has 2 atom stereocenters. The summed E-state index contributed by atoms with van der Waals surface area (Å²) in [5, 5.41) is 14.0. The quantitative estimate of drug-likeness (QED) is 0.471. The molecule has 2 heterocycles. The molecule has 0 radical (unpaired) electrons. The molecule has 2 rings (SSSR count). The average molecular weight is 157 g/mol. The molecule has 0 spiro atoms. The second-order valence-corrected chi connectivity index (χ2v) is 3.48. The molecule has 11 heavy (non-hydrogen) atoms. The van der Waals surface area contributed by atoms with E-state index >= 15 is 0 Å².